The average Bonchev–Trinajstić information content (AvgIpc) is 3.23. The van der Waals surface area contributed by atoms with Gasteiger partial charge in [0.25, 0.3) is 0 Å². The van der Waals surface area contributed by atoms with E-state index in [1.165, 1.54) is 22.6 Å². The lowest BCUT2D eigenvalue weighted by molar-refractivity contribution is 0.824. The summed E-state index contributed by atoms with van der Waals surface area (Å²) in [4.78, 5) is 15.3. The number of nitriles is 1. The van der Waals surface area contributed by atoms with E-state index in [2.05, 4.69) is 57.4 Å². The van der Waals surface area contributed by atoms with Crippen molar-refractivity contribution >= 4 is 22.8 Å². The Morgan fingerprint density at radius 3 is 2.00 bits per heavy atom. The van der Waals surface area contributed by atoms with Crippen molar-refractivity contribution in [2.45, 2.75) is 41.5 Å². The van der Waals surface area contributed by atoms with Crippen molar-refractivity contribution < 1.29 is 0 Å². The molecule has 31 heavy (non-hydrogen) atoms. The van der Waals surface area contributed by atoms with E-state index >= 15 is 0 Å². The highest BCUT2D eigenvalue weighted by Crippen LogP contribution is 2.40. The van der Waals surface area contributed by atoms with E-state index in [9.17, 15) is 5.26 Å². The van der Waals surface area contributed by atoms with Crippen molar-refractivity contribution in [3.05, 3.63) is 46.3 Å². The van der Waals surface area contributed by atoms with Gasteiger partial charge in [0.05, 0.1) is 5.69 Å². The van der Waals surface area contributed by atoms with Crippen molar-refractivity contribution in [2.75, 3.05) is 36.0 Å². The van der Waals surface area contributed by atoms with E-state index in [0.29, 0.717) is 10.6 Å². The van der Waals surface area contributed by atoms with Gasteiger partial charge in [0, 0.05) is 48.6 Å². The molecule has 3 aromatic rings. The third-order valence-electron chi connectivity index (χ3n) is 5.74. The number of anilines is 2. The molecule has 0 atom stereocenters. The highest BCUT2D eigenvalue weighted by atomic mass is 32.1. The summed E-state index contributed by atoms with van der Waals surface area (Å²) in [7, 11) is 0. The van der Waals surface area contributed by atoms with E-state index in [0.717, 1.165) is 53.8 Å². The Hall–Kier alpha value is -2.91. The first-order chi connectivity index (χ1) is 15.0. The predicted molar refractivity (Wildman–Crippen MR) is 132 cm³/mol. The van der Waals surface area contributed by atoms with Crippen LogP contribution in [-0.2, 0) is 0 Å². The van der Waals surface area contributed by atoms with Crippen LogP contribution in [0.3, 0.4) is 0 Å². The van der Waals surface area contributed by atoms with Crippen LogP contribution in [-0.4, -0.2) is 36.1 Å². The smallest absolute Gasteiger partial charge is 0.134 e. The summed E-state index contributed by atoms with van der Waals surface area (Å²) < 4.78 is 0. The fourth-order valence-corrected chi connectivity index (χ4v) is 4.98. The molecular formula is C25H31N5S. The van der Waals surface area contributed by atoms with Crippen LogP contribution in [0.25, 0.3) is 22.0 Å². The molecule has 0 saturated carbocycles. The van der Waals surface area contributed by atoms with Crippen LogP contribution in [0.2, 0.25) is 0 Å². The molecule has 2 aromatic heterocycles. The van der Waals surface area contributed by atoms with Crippen LogP contribution < -0.4 is 9.80 Å². The number of pyridine rings is 1. The summed E-state index contributed by atoms with van der Waals surface area (Å²) in [5.74, 6) is 0.977. The second-order valence-electron chi connectivity index (χ2n) is 7.40. The molecule has 5 nitrogen and oxygen atoms in total. The number of hydrogen-bond acceptors (Lipinski definition) is 6. The van der Waals surface area contributed by atoms with Gasteiger partial charge >= 0.3 is 0 Å². The number of nitrogens with zero attached hydrogens (tertiary/aromatic N) is 5. The highest BCUT2D eigenvalue weighted by molar-refractivity contribution is 7.16. The van der Waals surface area contributed by atoms with Gasteiger partial charge in [0.2, 0.25) is 0 Å². The summed E-state index contributed by atoms with van der Waals surface area (Å²) >= 11 is 1.43. The van der Waals surface area contributed by atoms with Crippen molar-refractivity contribution in [2.24, 2.45) is 0 Å². The Labute approximate surface area is 190 Å². The predicted octanol–water partition coefficient (Wildman–Crippen LogP) is 6.05. The lowest BCUT2D eigenvalue weighted by Crippen LogP contribution is -2.28. The number of thiazole rings is 1. The molecule has 0 radical (unpaired) electrons. The molecule has 1 aromatic carbocycles. The van der Waals surface area contributed by atoms with Gasteiger partial charge in [-0.15, -0.1) is 11.3 Å². The maximum atomic E-state index is 9.90. The first kappa shape index (κ1) is 22.8. The van der Waals surface area contributed by atoms with Crippen molar-refractivity contribution in [1.82, 2.24) is 9.97 Å². The van der Waals surface area contributed by atoms with Crippen LogP contribution >= 0.6 is 11.3 Å². The van der Waals surface area contributed by atoms with Gasteiger partial charge in [-0.3, -0.25) is 0 Å². The number of hydrogen-bond donors (Lipinski definition) is 0. The van der Waals surface area contributed by atoms with Crippen molar-refractivity contribution in [3.63, 3.8) is 0 Å². The van der Waals surface area contributed by atoms with Gasteiger partial charge < -0.3 is 9.80 Å². The Balaban J connectivity index is 2.30. The Morgan fingerprint density at radius 2 is 1.45 bits per heavy atom. The Bertz CT molecular complexity index is 1070. The molecule has 0 fully saturated rings. The van der Waals surface area contributed by atoms with Crippen LogP contribution in [0, 0.1) is 25.2 Å². The summed E-state index contributed by atoms with van der Waals surface area (Å²) in [5, 5.41) is 10.7. The zero-order valence-electron chi connectivity index (χ0n) is 19.4. The summed E-state index contributed by atoms with van der Waals surface area (Å²) in [6, 6.07) is 12.4. The molecule has 3 rings (SSSR count). The molecule has 0 bridgehead atoms. The molecule has 0 aliphatic rings. The monoisotopic (exact) mass is 433 g/mol. The normalized spacial score (nSPS) is 10.7. The van der Waals surface area contributed by atoms with Crippen LogP contribution in [0.4, 0.5) is 11.5 Å². The molecule has 0 aliphatic carbocycles. The molecule has 2 heterocycles. The number of aromatic nitrogens is 2. The van der Waals surface area contributed by atoms with Crippen LogP contribution in [0.5, 0.6) is 0 Å². The SMILES string of the molecule is CCN(CC)c1nc(-c2nc(-c3ccccc3)sc2C#N)c(C)c(N(CC)CC)c1C. The fraction of sp³-hybridized carbons (Fsp3) is 0.400. The van der Waals surface area contributed by atoms with Gasteiger partial charge in [0.1, 0.15) is 27.5 Å². The summed E-state index contributed by atoms with van der Waals surface area (Å²) in [6.07, 6.45) is 0. The quantitative estimate of drug-likeness (QED) is 0.433. The zero-order valence-corrected chi connectivity index (χ0v) is 20.2. The van der Waals surface area contributed by atoms with E-state index < -0.39 is 0 Å². The molecule has 6 heteroatoms. The molecule has 162 valence electrons. The van der Waals surface area contributed by atoms with Gasteiger partial charge in [-0.05, 0) is 41.5 Å². The maximum absolute atomic E-state index is 9.90. The van der Waals surface area contributed by atoms with Gasteiger partial charge in [-0.1, -0.05) is 30.3 Å². The van der Waals surface area contributed by atoms with E-state index in [4.69, 9.17) is 9.97 Å². The number of benzene rings is 1. The summed E-state index contributed by atoms with van der Waals surface area (Å²) in [6.45, 7) is 16.5. The average molecular weight is 434 g/mol. The minimum Gasteiger partial charge on any atom is -0.371 e. The second-order valence-corrected chi connectivity index (χ2v) is 8.40. The maximum Gasteiger partial charge on any atom is 0.134 e. The van der Waals surface area contributed by atoms with Gasteiger partial charge in [0.15, 0.2) is 0 Å². The van der Waals surface area contributed by atoms with E-state index in [-0.39, 0.29) is 0 Å². The van der Waals surface area contributed by atoms with Crippen LogP contribution in [0.15, 0.2) is 30.3 Å². The Kier molecular flexibility index (Phi) is 7.29. The molecule has 0 spiro atoms. The third kappa shape index (κ3) is 4.28. The second kappa shape index (κ2) is 9.93. The lowest BCUT2D eigenvalue weighted by atomic mass is 10.0. The molecule has 0 amide bonds. The molecule has 0 N–H and O–H groups in total. The first-order valence-electron chi connectivity index (χ1n) is 11.0. The van der Waals surface area contributed by atoms with Crippen molar-refractivity contribution in [1.29, 1.82) is 5.26 Å². The lowest BCUT2D eigenvalue weighted by Gasteiger charge is -2.30. The van der Waals surface area contributed by atoms with E-state index in [1.54, 1.807) is 0 Å². The minimum absolute atomic E-state index is 0.606. The van der Waals surface area contributed by atoms with Gasteiger partial charge in [-0.2, -0.15) is 5.26 Å². The topological polar surface area (TPSA) is 56.1 Å². The standard InChI is InChI=1S/C25H31N5S/c1-7-29(8-2)23-17(5)21(27-24(18(23)6)30(9-3)10-4)22-20(16-26)31-25(28-22)19-14-12-11-13-15-19/h11-15H,7-10H2,1-6H3. The zero-order chi connectivity index (χ0) is 22.5. The van der Waals surface area contributed by atoms with E-state index in [1.807, 2.05) is 30.3 Å². The third-order valence-corrected chi connectivity index (χ3v) is 6.74. The molecular weight excluding hydrogens is 402 g/mol. The Morgan fingerprint density at radius 1 is 0.839 bits per heavy atom. The molecule has 0 saturated heterocycles. The van der Waals surface area contributed by atoms with Crippen molar-refractivity contribution in [3.8, 4) is 28.0 Å². The number of rotatable bonds is 8. The molecule has 0 aliphatic heterocycles. The first-order valence-corrected chi connectivity index (χ1v) is 11.8. The highest BCUT2D eigenvalue weighted by Gasteiger charge is 2.25. The minimum atomic E-state index is 0.606. The van der Waals surface area contributed by atoms with Gasteiger partial charge in [-0.25, -0.2) is 9.97 Å². The van der Waals surface area contributed by atoms with Crippen LogP contribution in [0.1, 0.15) is 43.7 Å². The fourth-order valence-electron chi connectivity index (χ4n) is 4.11. The molecule has 0 unspecified atom stereocenters. The summed E-state index contributed by atoms with van der Waals surface area (Å²) in [5.41, 5.74) is 5.99. The largest absolute Gasteiger partial charge is 0.371 e.